The van der Waals surface area contributed by atoms with Crippen LogP contribution in [0.5, 0.6) is 0 Å². The van der Waals surface area contributed by atoms with Crippen LogP contribution >= 0.6 is 22.9 Å². The third-order valence-electron chi connectivity index (χ3n) is 2.05. The van der Waals surface area contributed by atoms with Gasteiger partial charge in [-0.25, -0.2) is 9.18 Å². The number of hydrogen-bond acceptors (Lipinski definition) is 2. The first-order valence-corrected chi connectivity index (χ1v) is 5.61. The molecule has 16 heavy (non-hydrogen) atoms. The van der Waals surface area contributed by atoms with Crippen molar-refractivity contribution in [1.82, 2.24) is 0 Å². The molecule has 0 amide bonds. The molecule has 0 unspecified atom stereocenters. The third-order valence-corrected chi connectivity index (χ3v) is 3.32. The summed E-state index contributed by atoms with van der Waals surface area (Å²) in [5.41, 5.74) is 0.935. The van der Waals surface area contributed by atoms with E-state index in [0.29, 0.717) is 5.56 Å². The van der Waals surface area contributed by atoms with Gasteiger partial charge in [-0.15, -0.1) is 11.3 Å². The molecule has 0 atom stereocenters. The first kappa shape index (κ1) is 11.1. The highest BCUT2D eigenvalue weighted by molar-refractivity contribution is 7.13. The van der Waals surface area contributed by atoms with Crippen molar-refractivity contribution in [3.63, 3.8) is 0 Å². The van der Waals surface area contributed by atoms with E-state index in [4.69, 9.17) is 16.7 Å². The molecule has 0 aliphatic rings. The molecular weight excluding hydrogens is 251 g/mol. The molecule has 1 aromatic heterocycles. The van der Waals surface area contributed by atoms with Crippen molar-refractivity contribution in [2.45, 2.75) is 0 Å². The van der Waals surface area contributed by atoms with Crippen LogP contribution in [0.4, 0.5) is 4.39 Å². The van der Waals surface area contributed by atoms with Gasteiger partial charge >= 0.3 is 5.97 Å². The Kier molecular flexibility index (Phi) is 2.94. The highest BCUT2D eigenvalue weighted by atomic mass is 35.5. The fraction of sp³-hybridized carbons (Fsp3) is 0. The van der Waals surface area contributed by atoms with Crippen LogP contribution in [0, 0.1) is 5.82 Å². The van der Waals surface area contributed by atoms with Crippen LogP contribution in [-0.2, 0) is 0 Å². The van der Waals surface area contributed by atoms with Gasteiger partial charge in [0.1, 0.15) is 5.82 Å². The maximum absolute atomic E-state index is 12.9. The molecule has 0 bridgehead atoms. The third kappa shape index (κ3) is 2.08. The Morgan fingerprint density at radius 2 is 2.12 bits per heavy atom. The lowest BCUT2D eigenvalue weighted by atomic mass is 10.1. The van der Waals surface area contributed by atoms with Crippen LogP contribution in [-0.4, -0.2) is 11.1 Å². The zero-order chi connectivity index (χ0) is 11.7. The highest BCUT2D eigenvalue weighted by Crippen LogP contribution is 2.30. The van der Waals surface area contributed by atoms with Crippen molar-refractivity contribution < 1.29 is 14.3 Å². The van der Waals surface area contributed by atoms with Gasteiger partial charge in [0.15, 0.2) is 0 Å². The van der Waals surface area contributed by atoms with Crippen molar-refractivity contribution >= 4 is 28.9 Å². The van der Waals surface area contributed by atoms with Crippen LogP contribution in [0.2, 0.25) is 5.02 Å². The molecule has 1 aromatic carbocycles. The summed E-state index contributed by atoms with van der Waals surface area (Å²) in [6.07, 6.45) is 0. The summed E-state index contributed by atoms with van der Waals surface area (Å²) in [4.78, 5) is 11.4. The smallest absolute Gasteiger partial charge is 0.336 e. The maximum Gasteiger partial charge on any atom is 0.336 e. The molecule has 0 saturated heterocycles. The molecule has 0 radical (unpaired) electrons. The number of carboxylic acid groups (broad SMARTS) is 1. The van der Waals surface area contributed by atoms with E-state index in [1.807, 2.05) is 0 Å². The Balaban J connectivity index is 2.42. The normalized spacial score (nSPS) is 10.4. The minimum atomic E-state index is -0.976. The second-order valence-corrected chi connectivity index (χ2v) is 4.45. The van der Waals surface area contributed by atoms with Gasteiger partial charge in [-0.3, -0.25) is 0 Å². The Morgan fingerprint density at radius 1 is 1.38 bits per heavy atom. The van der Waals surface area contributed by atoms with Gasteiger partial charge in [0, 0.05) is 10.3 Å². The Labute approximate surface area is 99.9 Å². The van der Waals surface area contributed by atoms with Gasteiger partial charge in [0.05, 0.1) is 10.6 Å². The molecule has 2 rings (SSSR count). The standard InChI is InChI=1S/C11H6ClFO2S/c12-8-3-6(1-2-9(8)13)10-4-7(5-16-10)11(14)15/h1-5H,(H,14,15). The lowest BCUT2D eigenvalue weighted by Gasteiger charge is -1.98. The molecule has 0 saturated carbocycles. The van der Waals surface area contributed by atoms with Crippen LogP contribution in [0.15, 0.2) is 29.6 Å². The van der Waals surface area contributed by atoms with Crippen molar-refractivity contribution in [3.8, 4) is 10.4 Å². The molecule has 0 fully saturated rings. The molecule has 2 aromatic rings. The monoisotopic (exact) mass is 256 g/mol. The van der Waals surface area contributed by atoms with E-state index < -0.39 is 11.8 Å². The van der Waals surface area contributed by atoms with E-state index in [0.717, 1.165) is 4.88 Å². The molecular formula is C11H6ClFO2S. The Morgan fingerprint density at radius 3 is 2.69 bits per heavy atom. The summed E-state index contributed by atoms with van der Waals surface area (Å²) in [5.74, 6) is -1.46. The molecule has 82 valence electrons. The van der Waals surface area contributed by atoms with Crippen molar-refractivity contribution in [2.24, 2.45) is 0 Å². The molecule has 1 heterocycles. The highest BCUT2D eigenvalue weighted by Gasteiger charge is 2.09. The molecule has 0 aliphatic heterocycles. The second kappa shape index (κ2) is 4.23. The minimum absolute atomic E-state index is 0.0303. The fourth-order valence-electron chi connectivity index (χ4n) is 1.25. The molecule has 5 heteroatoms. The van der Waals surface area contributed by atoms with Crippen LogP contribution in [0.3, 0.4) is 0 Å². The number of halogens is 2. The largest absolute Gasteiger partial charge is 0.478 e. The van der Waals surface area contributed by atoms with Gasteiger partial charge in [-0.05, 0) is 23.8 Å². The lowest BCUT2D eigenvalue weighted by Crippen LogP contribution is -1.91. The van der Waals surface area contributed by atoms with Crippen LogP contribution in [0.1, 0.15) is 10.4 Å². The van der Waals surface area contributed by atoms with E-state index in [1.54, 1.807) is 6.07 Å². The minimum Gasteiger partial charge on any atom is -0.478 e. The van der Waals surface area contributed by atoms with E-state index in [-0.39, 0.29) is 10.6 Å². The summed E-state index contributed by atoms with van der Waals surface area (Å²) in [5, 5.41) is 10.3. The van der Waals surface area contributed by atoms with E-state index in [9.17, 15) is 9.18 Å². The number of rotatable bonds is 2. The van der Waals surface area contributed by atoms with E-state index >= 15 is 0 Å². The summed E-state index contributed by atoms with van der Waals surface area (Å²) < 4.78 is 12.9. The predicted molar refractivity (Wildman–Crippen MR) is 61.7 cm³/mol. The van der Waals surface area contributed by atoms with Gasteiger partial charge in [-0.1, -0.05) is 17.7 Å². The summed E-state index contributed by atoms with van der Waals surface area (Å²) >= 11 is 6.93. The first-order valence-electron chi connectivity index (χ1n) is 4.35. The number of thiophene rings is 1. The Hall–Kier alpha value is -1.39. The van der Waals surface area contributed by atoms with Crippen LogP contribution in [0.25, 0.3) is 10.4 Å². The second-order valence-electron chi connectivity index (χ2n) is 3.13. The average Bonchev–Trinajstić information content (AvgIpc) is 2.71. The quantitative estimate of drug-likeness (QED) is 0.885. The number of aromatic carboxylic acids is 1. The van der Waals surface area contributed by atoms with Crippen molar-refractivity contribution in [2.75, 3.05) is 0 Å². The van der Waals surface area contributed by atoms with Gasteiger partial charge in [0.2, 0.25) is 0 Å². The summed E-state index contributed by atoms with van der Waals surface area (Å²) in [6, 6.07) is 5.85. The zero-order valence-corrected chi connectivity index (χ0v) is 9.48. The zero-order valence-electron chi connectivity index (χ0n) is 7.91. The van der Waals surface area contributed by atoms with Gasteiger partial charge < -0.3 is 5.11 Å². The SMILES string of the molecule is O=C(O)c1csc(-c2ccc(F)c(Cl)c2)c1. The van der Waals surface area contributed by atoms with Crippen molar-refractivity contribution in [3.05, 3.63) is 46.0 Å². The Bertz CT molecular complexity index is 551. The maximum atomic E-state index is 12.9. The predicted octanol–water partition coefficient (Wildman–Crippen LogP) is 3.91. The average molecular weight is 257 g/mol. The summed E-state index contributed by atoms with van der Waals surface area (Å²) in [6.45, 7) is 0. The number of hydrogen-bond donors (Lipinski definition) is 1. The van der Waals surface area contributed by atoms with Gasteiger partial charge in [-0.2, -0.15) is 0 Å². The van der Waals surface area contributed by atoms with E-state index in [2.05, 4.69) is 0 Å². The fourth-order valence-corrected chi connectivity index (χ4v) is 2.31. The molecule has 1 N–H and O–H groups in total. The van der Waals surface area contributed by atoms with Gasteiger partial charge in [0.25, 0.3) is 0 Å². The van der Waals surface area contributed by atoms with E-state index in [1.165, 1.54) is 34.9 Å². The molecule has 0 spiro atoms. The topological polar surface area (TPSA) is 37.3 Å². The first-order chi connectivity index (χ1) is 7.58. The number of benzene rings is 1. The molecule has 0 aliphatic carbocycles. The summed E-state index contributed by atoms with van der Waals surface area (Å²) in [7, 11) is 0. The van der Waals surface area contributed by atoms with Crippen LogP contribution < -0.4 is 0 Å². The lowest BCUT2D eigenvalue weighted by molar-refractivity contribution is 0.0697. The van der Waals surface area contributed by atoms with Crippen molar-refractivity contribution in [1.29, 1.82) is 0 Å². The number of carboxylic acids is 1. The number of carbonyl (C=O) groups is 1. The molecule has 2 nitrogen and oxygen atoms in total.